The summed E-state index contributed by atoms with van der Waals surface area (Å²) in [5.41, 5.74) is 2.97. The molecular weight excluding hydrogens is 268 g/mol. The number of hydrogen-bond acceptors (Lipinski definition) is 2. The van der Waals surface area contributed by atoms with Crippen molar-refractivity contribution in [1.82, 2.24) is 5.32 Å². The van der Waals surface area contributed by atoms with Gasteiger partial charge in [-0.1, -0.05) is 60.2 Å². The van der Waals surface area contributed by atoms with E-state index in [-0.39, 0.29) is 10.9 Å². The number of hydrogen-bond donors (Lipinski definition) is 2. The molecule has 4 heteroatoms. The van der Waals surface area contributed by atoms with Crippen LogP contribution >= 0.6 is 12.2 Å². The Hall–Kier alpha value is -2.20. The van der Waals surface area contributed by atoms with Gasteiger partial charge in [0.05, 0.1) is 0 Å². The summed E-state index contributed by atoms with van der Waals surface area (Å²) >= 11 is 5.08. The van der Waals surface area contributed by atoms with Crippen molar-refractivity contribution in [2.45, 2.75) is 13.5 Å². The normalized spacial score (nSPS) is 9.85. The summed E-state index contributed by atoms with van der Waals surface area (Å²) in [6.07, 6.45) is 0. The molecule has 0 saturated carbocycles. The molecule has 0 aromatic heterocycles. The molecular formula is C16H16N2OS. The Morgan fingerprint density at radius 3 is 2.35 bits per heavy atom. The SMILES string of the molecule is Cc1ccc(NC(=O)C(=S)NCc2ccccc2)cc1. The van der Waals surface area contributed by atoms with E-state index in [0.717, 1.165) is 16.8 Å². The summed E-state index contributed by atoms with van der Waals surface area (Å²) in [6, 6.07) is 17.4. The third-order valence-electron chi connectivity index (χ3n) is 2.81. The molecule has 0 bridgehead atoms. The zero-order valence-electron chi connectivity index (χ0n) is 11.2. The predicted molar refractivity (Wildman–Crippen MR) is 85.7 cm³/mol. The molecule has 0 aliphatic carbocycles. The minimum atomic E-state index is -0.292. The molecule has 2 aromatic rings. The largest absolute Gasteiger partial charge is 0.368 e. The fraction of sp³-hybridized carbons (Fsp3) is 0.125. The van der Waals surface area contributed by atoms with Gasteiger partial charge in [0, 0.05) is 12.2 Å². The molecule has 0 atom stereocenters. The first-order chi connectivity index (χ1) is 9.65. The molecule has 0 spiro atoms. The summed E-state index contributed by atoms with van der Waals surface area (Å²) in [7, 11) is 0. The van der Waals surface area contributed by atoms with E-state index in [1.54, 1.807) is 0 Å². The number of rotatable bonds is 3. The topological polar surface area (TPSA) is 41.1 Å². The molecule has 2 rings (SSSR count). The van der Waals surface area contributed by atoms with E-state index in [9.17, 15) is 4.79 Å². The number of nitrogens with one attached hydrogen (secondary N) is 2. The summed E-state index contributed by atoms with van der Waals surface area (Å²) < 4.78 is 0. The molecule has 0 fully saturated rings. The van der Waals surface area contributed by atoms with Crippen LogP contribution in [0, 0.1) is 6.92 Å². The van der Waals surface area contributed by atoms with Crippen molar-refractivity contribution in [1.29, 1.82) is 0 Å². The minimum Gasteiger partial charge on any atom is -0.368 e. The van der Waals surface area contributed by atoms with Crippen LogP contribution in [-0.4, -0.2) is 10.9 Å². The Bertz CT molecular complexity index is 594. The highest BCUT2D eigenvalue weighted by Crippen LogP contribution is 2.08. The van der Waals surface area contributed by atoms with Gasteiger partial charge in [0.25, 0.3) is 5.91 Å². The lowest BCUT2D eigenvalue weighted by Gasteiger charge is -2.09. The van der Waals surface area contributed by atoms with Crippen LogP contribution in [-0.2, 0) is 11.3 Å². The van der Waals surface area contributed by atoms with Crippen LogP contribution in [0.5, 0.6) is 0 Å². The maximum absolute atomic E-state index is 11.9. The van der Waals surface area contributed by atoms with Gasteiger partial charge in [-0.2, -0.15) is 0 Å². The average Bonchev–Trinajstić information content (AvgIpc) is 2.48. The average molecular weight is 284 g/mol. The Kier molecular flexibility index (Phi) is 4.85. The molecule has 0 saturated heterocycles. The Balaban J connectivity index is 1.86. The van der Waals surface area contributed by atoms with Gasteiger partial charge >= 0.3 is 0 Å². The molecule has 0 aliphatic rings. The number of aryl methyl sites for hydroxylation is 1. The molecule has 0 aliphatic heterocycles. The van der Waals surface area contributed by atoms with Crippen LogP contribution in [0.25, 0.3) is 0 Å². The monoisotopic (exact) mass is 284 g/mol. The highest BCUT2D eigenvalue weighted by atomic mass is 32.1. The van der Waals surface area contributed by atoms with E-state index in [2.05, 4.69) is 10.6 Å². The quantitative estimate of drug-likeness (QED) is 0.851. The summed E-state index contributed by atoms with van der Waals surface area (Å²) in [4.78, 5) is 12.1. The fourth-order valence-corrected chi connectivity index (χ4v) is 1.81. The van der Waals surface area contributed by atoms with Crippen molar-refractivity contribution in [2.75, 3.05) is 5.32 Å². The highest BCUT2D eigenvalue weighted by molar-refractivity contribution is 7.82. The number of anilines is 1. The smallest absolute Gasteiger partial charge is 0.283 e. The Morgan fingerprint density at radius 1 is 1.05 bits per heavy atom. The lowest BCUT2D eigenvalue weighted by Crippen LogP contribution is -2.33. The number of carbonyl (C=O) groups is 1. The molecule has 20 heavy (non-hydrogen) atoms. The summed E-state index contributed by atoms with van der Waals surface area (Å²) in [5, 5.41) is 5.71. The van der Waals surface area contributed by atoms with Gasteiger partial charge in [-0.05, 0) is 24.6 Å². The number of amides is 1. The molecule has 102 valence electrons. The van der Waals surface area contributed by atoms with Crippen LogP contribution in [0.2, 0.25) is 0 Å². The number of carbonyl (C=O) groups excluding carboxylic acids is 1. The van der Waals surface area contributed by atoms with E-state index in [1.165, 1.54) is 0 Å². The lowest BCUT2D eigenvalue weighted by molar-refractivity contribution is -0.110. The van der Waals surface area contributed by atoms with Gasteiger partial charge in [-0.15, -0.1) is 0 Å². The van der Waals surface area contributed by atoms with E-state index in [1.807, 2.05) is 61.5 Å². The van der Waals surface area contributed by atoms with E-state index in [4.69, 9.17) is 12.2 Å². The lowest BCUT2D eigenvalue weighted by atomic mass is 10.2. The number of benzene rings is 2. The van der Waals surface area contributed by atoms with Crippen LogP contribution in [0.15, 0.2) is 54.6 Å². The van der Waals surface area contributed by atoms with Crippen molar-refractivity contribution in [3.05, 3.63) is 65.7 Å². The standard InChI is InChI=1S/C16H16N2OS/c1-12-7-9-14(10-8-12)18-15(19)16(20)17-11-13-5-3-2-4-6-13/h2-10H,11H2,1H3,(H,17,20)(H,18,19). The van der Waals surface area contributed by atoms with Gasteiger partial charge < -0.3 is 10.6 Å². The second-order valence-corrected chi connectivity index (χ2v) is 4.90. The van der Waals surface area contributed by atoms with Gasteiger partial charge in [0.1, 0.15) is 0 Å². The zero-order chi connectivity index (χ0) is 14.4. The first-order valence-corrected chi connectivity index (χ1v) is 6.76. The van der Waals surface area contributed by atoms with Crippen molar-refractivity contribution in [2.24, 2.45) is 0 Å². The highest BCUT2D eigenvalue weighted by Gasteiger charge is 2.08. The molecule has 3 nitrogen and oxygen atoms in total. The predicted octanol–water partition coefficient (Wildman–Crippen LogP) is 3.05. The van der Waals surface area contributed by atoms with E-state index >= 15 is 0 Å². The molecule has 2 aromatic carbocycles. The first kappa shape index (κ1) is 14.2. The Morgan fingerprint density at radius 2 is 1.70 bits per heavy atom. The number of thiocarbonyl (C=S) groups is 1. The molecule has 0 heterocycles. The molecule has 0 unspecified atom stereocenters. The molecule has 2 N–H and O–H groups in total. The van der Waals surface area contributed by atoms with Crippen LogP contribution in [0.3, 0.4) is 0 Å². The minimum absolute atomic E-state index is 0.189. The molecule has 1 amide bonds. The Labute approximate surface area is 124 Å². The van der Waals surface area contributed by atoms with Crippen molar-refractivity contribution in [3.63, 3.8) is 0 Å². The second-order valence-electron chi connectivity index (χ2n) is 4.49. The van der Waals surface area contributed by atoms with Gasteiger partial charge in [0.15, 0.2) is 4.99 Å². The third-order valence-corrected chi connectivity index (χ3v) is 3.14. The second kappa shape index (κ2) is 6.82. The fourth-order valence-electron chi connectivity index (χ4n) is 1.68. The van der Waals surface area contributed by atoms with E-state index in [0.29, 0.717) is 6.54 Å². The van der Waals surface area contributed by atoms with Crippen molar-refractivity contribution < 1.29 is 4.79 Å². The van der Waals surface area contributed by atoms with Gasteiger partial charge in [-0.3, -0.25) is 4.79 Å². The van der Waals surface area contributed by atoms with Crippen LogP contribution < -0.4 is 10.6 Å². The maximum Gasteiger partial charge on any atom is 0.283 e. The van der Waals surface area contributed by atoms with Gasteiger partial charge in [-0.25, -0.2) is 0 Å². The van der Waals surface area contributed by atoms with Crippen molar-refractivity contribution >= 4 is 28.8 Å². The zero-order valence-corrected chi connectivity index (χ0v) is 12.0. The van der Waals surface area contributed by atoms with Crippen molar-refractivity contribution in [3.8, 4) is 0 Å². The summed E-state index contributed by atoms with van der Waals surface area (Å²) in [5.74, 6) is -0.292. The summed E-state index contributed by atoms with van der Waals surface area (Å²) in [6.45, 7) is 2.54. The third kappa shape index (κ3) is 4.17. The van der Waals surface area contributed by atoms with Gasteiger partial charge in [0.2, 0.25) is 0 Å². The van der Waals surface area contributed by atoms with E-state index < -0.39 is 0 Å². The van der Waals surface area contributed by atoms with Crippen LogP contribution in [0.1, 0.15) is 11.1 Å². The first-order valence-electron chi connectivity index (χ1n) is 6.35. The van der Waals surface area contributed by atoms with Crippen LogP contribution in [0.4, 0.5) is 5.69 Å². The molecule has 0 radical (unpaired) electrons. The maximum atomic E-state index is 11.9.